The fraction of sp³-hybridized carbons (Fsp3) is 0.286. The molecule has 0 fully saturated rings. The fourth-order valence-electron chi connectivity index (χ4n) is 1.76. The number of rotatable bonds is 4. The molecule has 1 aromatic heterocycles. The van der Waals surface area contributed by atoms with Crippen LogP contribution in [0.2, 0.25) is 5.15 Å². The van der Waals surface area contributed by atoms with Gasteiger partial charge < -0.3 is 4.74 Å². The highest BCUT2D eigenvalue weighted by Crippen LogP contribution is 2.26. The number of halogens is 2. The molecule has 0 N–H and O–H groups in total. The third-order valence-corrected chi connectivity index (χ3v) is 4.42. The number of ether oxygens (including phenoxy) is 1. The molecule has 5 heteroatoms. The van der Waals surface area contributed by atoms with Crippen molar-refractivity contribution >= 4 is 34.2 Å². The van der Waals surface area contributed by atoms with Crippen molar-refractivity contribution in [2.24, 2.45) is 0 Å². The van der Waals surface area contributed by atoms with Crippen molar-refractivity contribution in [3.05, 3.63) is 38.7 Å². The SMILES string of the molecule is CCCc1nc(-c2cccc(OC)c2)nc(Cl)c1I. The first-order valence-electron chi connectivity index (χ1n) is 6.02. The molecule has 0 unspecified atom stereocenters. The molecule has 0 aliphatic carbocycles. The molecule has 1 heterocycles. The van der Waals surface area contributed by atoms with Crippen LogP contribution in [-0.2, 0) is 6.42 Å². The third-order valence-electron chi connectivity index (χ3n) is 2.69. The van der Waals surface area contributed by atoms with Gasteiger partial charge in [0.15, 0.2) is 5.82 Å². The summed E-state index contributed by atoms with van der Waals surface area (Å²) in [5.74, 6) is 1.43. The molecular formula is C14H14ClIN2O. The van der Waals surface area contributed by atoms with E-state index in [1.807, 2.05) is 24.3 Å². The lowest BCUT2D eigenvalue weighted by atomic mass is 10.2. The van der Waals surface area contributed by atoms with Crippen LogP contribution in [0.25, 0.3) is 11.4 Å². The van der Waals surface area contributed by atoms with Crippen molar-refractivity contribution < 1.29 is 4.74 Å². The summed E-state index contributed by atoms with van der Waals surface area (Å²) in [7, 11) is 1.64. The van der Waals surface area contributed by atoms with Gasteiger partial charge in [0.2, 0.25) is 0 Å². The summed E-state index contributed by atoms with van der Waals surface area (Å²) in [6, 6.07) is 7.68. The fourth-order valence-corrected chi connectivity index (χ4v) is 2.46. The van der Waals surface area contributed by atoms with Gasteiger partial charge in [-0.2, -0.15) is 0 Å². The minimum Gasteiger partial charge on any atom is -0.497 e. The van der Waals surface area contributed by atoms with Crippen LogP contribution in [-0.4, -0.2) is 17.1 Å². The first kappa shape index (κ1) is 14.5. The molecule has 19 heavy (non-hydrogen) atoms. The van der Waals surface area contributed by atoms with Crippen molar-refractivity contribution in [1.29, 1.82) is 0 Å². The van der Waals surface area contributed by atoms with E-state index in [4.69, 9.17) is 16.3 Å². The zero-order valence-electron chi connectivity index (χ0n) is 10.8. The largest absolute Gasteiger partial charge is 0.497 e. The topological polar surface area (TPSA) is 35.0 Å². The summed E-state index contributed by atoms with van der Waals surface area (Å²) >= 11 is 8.39. The van der Waals surface area contributed by atoms with Gasteiger partial charge in [0.25, 0.3) is 0 Å². The van der Waals surface area contributed by atoms with Crippen LogP contribution in [0.5, 0.6) is 5.75 Å². The summed E-state index contributed by atoms with van der Waals surface area (Å²) in [5, 5.41) is 0.511. The molecule has 100 valence electrons. The smallest absolute Gasteiger partial charge is 0.161 e. The maximum atomic E-state index is 6.19. The van der Waals surface area contributed by atoms with Gasteiger partial charge in [-0.3, -0.25) is 0 Å². The first-order chi connectivity index (χ1) is 9.15. The molecular weight excluding hydrogens is 375 g/mol. The minimum atomic E-state index is 0.511. The van der Waals surface area contributed by atoms with Gasteiger partial charge in [-0.05, 0) is 41.1 Å². The number of aromatic nitrogens is 2. The summed E-state index contributed by atoms with van der Waals surface area (Å²) in [6.45, 7) is 2.12. The third kappa shape index (κ3) is 3.36. The van der Waals surface area contributed by atoms with Crippen LogP contribution >= 0.6 is 34.2 Å². The number of hydrogen-bond donors (Lipinski definition) is 0. The summed E-state index contributed by atoms with van der Waals surface area (Å²) in [4.78, 5) is 8.96. The quantitative estimate of drug-likeness (QED) is 0.576. The normalized spacial score (nSPS) is 10.5. The van der Waals surface area contributed by atoms with Crippen LogP contribution in [0.4, 0.5) is 0 Å². The van der Waals surface area contributed by atoms with Gasteiger partial charge in [0, 0.05) is 5.56 Å². The molecule has 0 atom stereocenters. The van der Waals surface area contributed by atoms with E-state index in [0.717, 1.165) is 33.4 Å². The Labute approximate surface area is 131 Å². The molecule has 2 aromatic rings. The summed E-state index contributed by atoms with van der Waals surface area (Å²) in [5.41, 5.74) is 1.91. The van der Waals surface area contributed by atoms with Gasteiger partial charge in [-0.25, -0.2) is 9.97 Å². The standard InChI is InChI=1S/C14H14ClIN2O/c1-3-5-11-12(16)13(15)18-14(17-11)9-6-4-7-10(8-9)19-2/h4,6-8H,3,5H2,1-2H3. The number of nitrogens with zero attached hydrogens (tertiary/aromatic N) is 2. The van der Waals surface area contributed by atoms with Crippen LogP contribution < -0.4 is 4.74 Å². The predicted molar refractivity (Wildman–Crippen MR) is 85.7 cm³/mol. The highest BCUT2D eigenvalue weighted by Gasteiger charge is 2.11. The molecule has 0 spiro atoms. The molecule has 1 aromatic carbocycles. The second-order valence-corrected chi connectivity index (χ2v) is 5.52. The number of hydrogen-bond acceptors (Lipinski definition) is 3. The van der Waals surface area contributed by atoms with Gasteiger partial charge in [0.05, 0.1) is 16.4 Å². The average Bonchev–Trinajstić information content (AvgIpc) is 2.44. The van der Waals surface area contributed by atoms with E-state index in [2.05, 4.69) is 39.5 Å². The first-order valence-corrected chi connectivity index (χ1v) is 7.47. The zero-order chi connectivity index (χ0) is 13.8. The van der Waals surface area contributed by atoms with Gasteiger partial charge >= 0.3 is 0 Å². The second-order valence-electron chi connectivity index (χ2n) is 4.08. The van der Waals surface area contributed by atoms with Crippen molar-refractivity contribution in [2.75, 3.05) is 7.11 Å². The van der Waals surface area contributed by atoms with Crippen molar-refractivity contribution in [1.82, 2.24) is 9.97 Å². The number of aryl methyl sites for hydroxylation is 1. The summed E-state index contributed by atoms with van der Waals surface area (Å²) in [6.07, 6.45) is 1.93. The molecule has 2 rings (SSSR count). The molecule has 3 nitrogen and oxygen atoms in total. The van der Waals surface area contributed by atoms with E-state index in [0.29, 0.717) is 11.0 Å². The molecule has 0 amide bonds. The Morgan fingerprint density at radius 1 is 1.32 bits per heavy atom. The van der Waals surface area contributed by atoms with Crippen molar-refractivity contribution in [3.8, 4) is 17.1 Å². The van der Waals surface area contributed by atoms with E-state index in [-0.39, 0.29) is 0 Å². The van der Waals surface area contributed by atoms with Crippen LogP contribution in [0, 0.1) is 3.57 Å². The zero-order valence-corrected chi connectivity index (χ0v) is 13.7. The minimum absolute atomic E-state index is 0.511. The van der Waals surface area contributed by atoms with Crippen LogP contribution in [0.15, 0.2) is 24.3 Å². The lowest BCUT2D eigenvalue weighted by molar-refractivity contribution is 0.415. The van der Waals surface area contributed by atoms with E-state index < -0.39 is 0 Å². The Kier molecular flexibility index (Phi) is 4.99. The molecule has 0 bridgehead atoms. The monoisotopic (exact) mass is 388 g/mol. The Morgan fingerprint density at radius 2 is 2.11 bits per heavy atom. The Morgan fingerprint density at radius 3 is 2.79 bits per heavy atom. The maximum absolute atomic E-state index is 6.19. The van der Waals surface area contributed by atoms with E-state index in [1.54, 1.807) is 7.11 Å². The second kappa shape index (κ2) is 6.52. The van der Waals surface area contributed by atoms with Crippen molar-refractivity contribution in [2.45, 2.75) is 19.8 Å². The lowest BCUT2D eigenvalue weighted by Crippen LogP contribution is -2.00. The van der Waals surface area contributed by atoms with E-state index >= 15 is 0 Å². The lowest BCUT2D eigenvalue weighted by Gasteiger charge is -2.08. The van der Waals surface area contributed by atoms with E-state index in [9.17, 15) is 0 Å². The molecule has 0 radical (unpaired) electrons. The number of methoxy groups -OCH3 is 1. The molecule has 0 saturated carbocycles. The van der Waals surface area contributed by atoms with Gasteiger partial charge in [-0.1, -0.05) is 37.1 Å². The van der Waals surface area contributed by atoms with Crippen molar-refractivity contribution in [3.63, 3.8) is 0 Å². The summed E-state index contributed by atoms with van der Waals surface area (Å²) < 4.78 is 6.16. The van der Waals surface area contributed by atoms with Gasteiger partial charge in [0.1, 0.15) is 10.9 Å². The molecule has 0 saturated heterocycles. The molecule has 0 aliphatic rings. The highest BCUT2D eigenvalue weighted by atomic mass is 127. The van der Waals surface area contributed by atoms with Gasteiger partial charge in [-0.15, -0.1) is 0 Å². The highest BCUT2D eigenvalue weighted by molar-refractivity contribution is 14.1. The Bertz CT molecular complexity index is 590. The Hall–Kier alpha value is -0.880. The maximum Gasteiger partial charge on any atom is 0.161 e. The molecule has 0 aliphatic heterocycles. The predicted octanol–water partition coefficient (Wildman–Crippen LogP) is 4.36. The number of benzene rings is 1. The van der Waals surface area contributed by atoms with Crippen LogP contribution in [0.1, 0.15) is 19.0 Å². The Balaban J connectivity index is 2.49. The van der Waals surface area contributed by atoms with Crippen LogP contribution in [0.3, 0.4) is 0 Å². The van der Waals surface area contributed by atoms with E-state index in [1.165, 1.54) is 0 Å². The average molecular weight is 389 g/mol.